The van der Waals surface area contributed by atoms with E-state index in [0.29, 0.717) is 24.9 Å². The molecule has 2 fully saturated rings. The average Bonchev–Trinajstić information content (AvgIpc) is 2.94. The van der Waals surface area contributed by atoms with Gasteiger partial charge in [0.05, 0.1) is 31.1 Å². The summed E-state index contributed by atoms with van der Waals surface area (Å²) in [5, 5.41) is 0. The lowest BCUT2D eigenvalue weighted by atomic mass is 9.79. The standard InChI is InChI=1S/C18H26N2O3S/c1-14-4-3-5-16(19-14)10-22-8-6-15-7-9-23-18(15)12-20(13-18)17(21)11-24-2/h3-5,15H,6-13H2,1-2H3/t15-/m0/s1. The number of nitrogens with zero attached hydrogens (tertiary/aromatic N) is 2. The smallest absolute Gasteiger partial charge is 0.232 e. The van der Waals surface area contributed by atoms with Gasteiger partial charge in [-0.25, -0.2) is 0 Å². The summed E-state index contributed by atoms with van der Waals surface area (Å²) in [4.78, 5) is 18.3. The number of pyridine rings is 1. The predicted octanol–water partition coefficient (Wildman–Crippen LogP) is 2.28. The Morgan fingerprint density at radius 3 is 3.08 bits per heavy atom. The van der Waals surface area contributed by atoms with Gasteiger partial charge in [-0.15, -0.1) is 0 Å². The SMILES string of the molecule is CSCC(=O)N1CC2(C1)OCC[C@@H]2CCOCc1cccc(C)n1. The van der Waals surface area contributed by atoms with Crippen LogP contribution in [0.25, 0.3) is 0 Å². The largest absolute Gasteiger partial charge is 0.375 e. The molecule has 6 heteroatoms. The highest BCUT2D eigenvalue weighted by molar-refractivity contribution is 7.99. The minimum Gasteiger partial charge on any atom is -0.375 e. The Labute approximate surface area is 148 Å². The third-order valence-corrected chi connectivity index (χ3v) is 5.48. The van der Waals surface area contributed by atoms with Crippen LogP contribution in [0, 0.1) is 12.8 Å². The Morgan fingerprint density at radius 1 is 1.50 bits per heavy atom. The minimum absolute atomic E-state index is 0.112. The maximum absolute atomic E-state index is 11.9. The first-order chi connectivity index (χ1) is 11.6. The van der Waals surface area contributed by atoms with Gasteiger partial charge in [0.15, 0.2) is 0 Å². The maximum atomic E-state index is 11.9. The molecule has 0 bridgehead atoms. The van der Waals surface area contributed by atoms with Gasteiger partial charge >= 0.3 is 0 Å². The Kier molecular flexibility index (Phi) is 5.79. The fraction of sp³-hybridized carbons (Fsp3) is 0.667. The van der Waals surface area contributed by atoms with Crippen molar-refractivity contribution in [3.63, 3.8) is 0 Å². The highest BCUT2D eigenvalue weighted by Crippen LogP contribution is 2.41. The van der Waals surface area contributed by atoms with Gasteiger partial charge < -0.3 is 14.4 Å². The van der Waals surface area contributed by atoms with E-state index in [1.54, 1.807) is 11.8 Å². The lowest BCUT2D eigenvalue weighted by Crippen LogP contribution is -2.66. The Bertz CT molecular complexity index is 575. The first-order valence-electron chi connectivity index (χ1n) is 8.54. The summed E-state index contributed by atoms with van der Waals surface area (Å²) in [7, 11) is 0. The van der Waals surface area contributed by atoms with Gasteiger partial charge in [-0.1, -0.05) is 6.07 Å². The Balaban J connectivity index is 1.42. The number of aryl methyl sites for hydroxylation is 1. The van der Waals surface area contributed by atoms with E-state index < -0.39 is 0 Å². The normalized spacial score (nSPS) is 21.9. The third-order valence-electron chi connectivity index (χ3n) is 4.94. The molecule has 0 N–H and O–H groups in total. The van der Waals surface area contributed by atoms with Crippen LogP contribution in [-0.2, 0) is 20.9 Å². The summed E-state index contributed by atoms with van der Waals surface area (Å²) in [5.74, 6) is 1.28. The summed E-state index contributed by atoms with van der Waals surface area (Å²) in [6, 6.07) is 5.99. The number of ether oxygens (including phenoxy) is 2. The molecule has 0 radical (unpaired) electrons. The first-order valence-corrected chi connectivity index (χ1v) is 9.93. The Morgan fingerprint density at radius 2 is 2.33 bits per heavy atom. The number of hydrogen-bond donors (Lipinski definition) is 0. The molecule has 24 heavy (non-hydrogen) atoms. The lowest BCUT2D eigenvalue weighted by molar-refractivity contribution is -0.163. The molecule has 2 saturated heterocycles. The predicted molar refractivity (Wildman–Crippen MR) is 95.0 cm³/mol. The molecule has 5 nitrogen and oxygen atoms in total. The van der Waals surface area contributed by atoms with E-state index in [0.717, 1.165) is 43.9 Å². The zero-order valence-corrected chi connectivity index (χ0v) is 15.3. The van der Waals surface area contributed by atoms with Gasteiger partial charge in [-0.05, 0) is 44.1 Å². The van der Waals surface area contributed by atoms with Crippen molar-refractivity contribution in [3.05, 3.63) is 29.6 Å². The number of likely N-dealkylation sites (tertiary alicyclic amines) is 1. The monoisotopic (exact) mass is 350 g/mol. The zero-order chi connectivity index (χ0) is 17.0. The van der Waals surface area contributed by atoms with Crippen LogP contribution in [-0.4, -0.2) is 59.7 Å². The lowest BCUT2D eigenvalue weighted by Gasteiger charge is -2.50. The molecule has 132 valence electrons. The second-order valence-electron chi connectivity index (χ2n) is 6.69. The maximum Gasteiger partial charge on any atom is 0.232 e. The molecule has 1 amide bonds. The molecule has 1 spiro atoms. The van der Waals surface area contributed by atoms with Gasteiger partial charge in [0.1, 0.15) is 5.60 Å². The number of hydrogen-bond acceptors (Lipinski definition) is 5. The summed E-state index contributed by atoms with van der Waals surface area (Å²) >= 11 is 1.58. The van der Waals surface area contributed by atoms with Crippen LogP contribution in [0.4, 0.5) is 0 Å². The second-order valence-corrected chi connectivity index (χ2v) is 7.56. The van der Waals surface area contributed by atoms with Crippen LogP contribution in [0.1, 0.15) is 24.2 Å². The number of amides is 1. The van der Waals surface area contributed by atoms with Gasteiger partial charge in [0, 0.05) is 18.9 Å². The van der Waals surface area contributed by atoms with Crippen molar-refractivity contribution < 1.29 is 14.3 Å². The molecule has 3 rings (SSSR count). The van der Waals surface area contributed by atoms with Gasteiger partial charge in [-0.2, -0.15) is 11.8 Å². The number of carbonyl (C=O) groups is 1. The molecule has 2 aliphatic heterocycles. The van der Waals surface area contributed by atoms with Crippen molar-refractivity contribution in [3.8, 4) is 0 Å². The quantitative estimate of drug-likeness (QED) is 0.706. The Hall–Kier alpha value is -1.11. The third kappa shape index (κ3) is 3.92. The molecule has 1 aromatic rings. The summed E-state index contributed by atoms with van der Waals surface area (Å²) in [6.45, 7) is 5.55. The van der Waals surface area contributed by atoms with Crippen LogP contribution >= 0.6 is 11.8 Å². The topological polar surface area (TPSA) is 51.7 Å². The molecule has 0 aliphatic carbocycles. The van der Waals surface area contributed by atoms with E-state index in [9.17, 15) is 4.79 Å². The highest BCUT2D eigenvalue weighted by Gasteiger charge is 2.53. The molecular formula is C18H26N2O3S. The van der Waals surface area contributed by atoms with Gasteiger partial charge in [0.2, 0.25) is 5.91 Å². The number of rotatable bonds is 7. The molecule has 1 atom stereocenters. The first kappa shape index (κ1) is 17.7. The van der Waals surface area contributed by atoms with Crippen molar-refractivity contribution >= 4 is 17.7 Å². The van der Waals surface area contributed by atoms with E-state index in [2.05, 4.69) is 4.98 Å². The molecule has 0 aromatic carbocycles. The van der Waals surface area contributed by atoms with Crippen LogP contribution < -0.4 is 0 Å². The van der Waals surface area contributed by atoms with Gasteiger partial charge in [0.25, 0.3) is 0 Å². The molecule has 1 aromatic heterocycles. The van der Waals surface area contributed by atoms with Crippen molar-refractivity contribution in [2.45, 2.75) is 32.0 Å². The molecule has 3 heterocycles. The van der Waals surface area contributed by atoms with Crippen molar-refractivity contribution in [2.75, 3.05) is 38.3 Å². The number of carbonyl (C=O) groups excluding carboxylic acids is 1. The van der Waals surface area contributed by atoms with Crippen LogP contribution in [0.15, 0.2) is 18.2 Å². The molecule has 0 saturated carbocycles. The summed E-state index contributed by atoms with van der Waals surface area (Å²) < 4.78 is 11.8. The summed E-state index contributed by atoms with van der Waals surface area (Å²) in [6.07, 6.45) is 4.01. The van der Waals surface area contributed by atoms with E-state index in [4.69, 9.17) is 9.47 Å². The van der Waals surface area contributed by atoms with Crippen molar-refractivity contribution in [2.24, 2.45) is 5.92 Å². The van der Waals surface area contributed by atoms with Crippen molar-refractivity contribution in [1.82, 2.24) is 9.88 Å². The van der Waals surface area contributed by atoms with E-state index in [1.807, 2.05) is 36.3 Å². The number of aromatic nitrogens is 1. The zero-order valence-electron chi connectivity index (χ0n) is 14.5. The highest BCUT2D eigenvalue weighted by atomic mass is 32.2. The van der Waals surface area contributed by atoms with Crippen LogP contribution in [0.2, 0.25) is 0 Å². The number of thioether (sulfide) groups is 1. The van der Waals surface area contributed by atoms with E-state index in [-0.39, 0.29) is 11.5 Å². The van der Waals surface area contributed by atoms with E-state index >= 15 is 0 Å². The van der Waals surface area contributed by atoms with Crippen molar-refractivity contribution in [1.29, 1.82) is 0 Å². The molecule has 2 aliphatic rings. The molecule has 0 unspecified atom stereocenters. The van der Waals surface area contributed by atoms with Gasteiger partial charge in [-0.3, -0.25) is 9.78 Å². The van der Waals surface area contributed by atoms with Crippen LogP contribution in [0.3, 0.4) is 0 Å². The minimum atomic E-state index is -0.112. The molecular weight excluding hydrogens is 324 g/mol. The summed E-state index contributed by atoms with van der Waals surface area (Å²) in [5.41, 5.74) is 1.88. The fourth-order valence-corrected chi connectivity index (χ4v) is 4.04. The fourth-order valence-electron chi connectivity index (χ4n) is 3.62. The second kappa shape index (κ2) is 7.85. The van der Waals surface area contributed by atoms with Crippen LogP contribution in [0.5, 0.6) is 0 Å². The average molecular weight is 350 g/mol. The van der Waals surface area contributed by atoms with E-state index in [1.165, 1.54) is 0 Å².